The van der Waals surface area contributed by atoms with Crippen molar-refractivity contribution < 1.29 is 4.79 Å². The second-order valence-electron chi connectivity index (χ2n) is 9.43. The summed E-state index contributed by atoms with van der Waals surface area (Å²) >= 11 is 0. The standard InChI is InChI=1S/C29H31N9O/c1-19-27(38-16-13-22(18-26(38)33-19)31-15-17-37(2)3)25-12-14-32-29(36-25)34-21-10-8-20(9-11-21)28(39)35-24-7-5-4-6-23(24)30/h4-14,16,18,31H,15,17,30H2,1-3H3,(H,35,39)(H,32,34,36). The van der Waals surface area contributed by atoms with Gasteiger partial charge in [-0.1, -0.05) is 12.1 Å². The third-order valence-corrected chi connectivity index (χ3v) is 6.20. The van der Waals surface area contributed by atoms with Crippen LogP contribution in [0.25, 0.3) is 17.0 Å². The van der Waals surface area contributed by atoms with Gasteiger partial charge in [-0.3, -0.25) is 9.20 Å². The molecule has 0 atom stereocenters. The van der Waals surface area contributed by atoms with Gasteiger partial charge < -0.3 is 26.6 Å². The largest absolute Gasteiger partial charge is 0.397 e. The Bertz CT molecular complexity index is 1610. The predicted molar refractivity (Wildman–Crippen MR) is 157 cm³/mol. The number of nitrogens with two attached hydrogens (primary N) is 1. The summed E-state index contributed by atoms with van der Waals surface area (Å²) in [5, 5.41) is 9.49. The maximum absolute atomic E-state index is 12.6. The Hall–Kier alpha value is -4.96. The van der Waals surface area contributed by atoms with Crippen LogP contribution >= 0.6 is 0 Å². The molecule has 0 spiro atoms. The second-order valence-corrected chi connectivity index (χ2v) is 9.43. The highest BCUT2D eigenvalue weighted by atomic mass is 16.1. The third-order valence-electron chi connectivity index (χ3n) is 6.20. The Morgan fingerprint density at radius 3 is 2.56 bits per heavy atom. The van der Waals surface area contributed by atoms with Gasteiger partial charge in [0.15, 0.2) is 0 Å². The fraction of sp³-hybridized carbons (Fsp3) is 0.172. The van der Waals surface area contributed by atoms with Crippen molar-refractivity contribution in [1.82, 2.24) is 24.3 Å². The molecule has 0 aliphatic carbocycles. The van der Waals surface area contributed by atoms with Gasteiger partial charge in [0.25, 0.3) is 5.91 Å². The molecule has 0 aliphatic heterocycles. The Balaban J connectivity index is 1.30. The van der Waals surface area contributed by atoms with Crippen LogP contribution < -0.4 is 21.7 Å². The first-order valence-corrected chi connectivity index (χ1v) is 12.6. The molecular weight excluding hydrogens is 490 g/mol. The average Bonchev–Trinajstić information content (AvgIpc) is 3.25. The van der Waals surface area contributed by atoms with Crippen molar-refractivity contribution in [1.29, 1.82) is 0 Å². The molecule has 3 heterocycles. The van der Waals surface area contributed by atoms with Crippen LogP contribution in [0, 0.1) is 6.92 Å². The van der Waals surface area contributed by atoms with E-state index in [1.54, 1.807) is 30.5 Å². The quantitative estimate of drug-likeness (QED) is 0.207. The second kappa shape index (κ2) is 11.2. The zero-order valence-electron chi connectivity index (χ0n) is 22.1. The van der Waals surface area contributed by atoms with Gasteiger partial charge in [-0.05, 0) is 69.6 Å². The van der Waals surface area contributed by atoms with Crippen LogP contribution in [-0.4, -0.2) is 57.3 Å². The normalized spacial score (nSPS) is 11.1. The molecule has 0 radical (unpaired) electrons. The number of aryl methyl sites for hydroxylation is 1. The molecule has 10 nitrogen and oxygen atoms in total. The van der Waals surface area contributed by atoms with Crippen molar-refractivity contribution in [2.75, 3.05) is 48.9 Å². The van der Waals surface area contributed by atoms with Gasteiger partial charge >= 0.3 is 0 Å². The lowest BCUT2D eigenvalue weighted by atomic mass is 10.2. The van der Waals surface area contributed by atoms with E-state index in [0.717, 1.165) is 47.2 Å². The van der Waals surface area contributed by atoms with Crippen LogP contribution in [0.1, 0.15) is 16.1 Å². The number of carbonyl (C=O) groups excluding carboxylic acids is 1. The summed E-state index contributed by atoms with van der Waals surface area (Å²) in [6.07, 6.45) is 3.72. The first-order chi connectivity index (χ1) is 18.9. The van der Waals surface area contributed by atoms with Gasteiger partial charge in [-0.25, -0.2) is 15.0 Å². The summed E-state index contributed by atoms with van der Waals surface area (Å²) in [6.45, 7) is 3.77. The summed E-state index contributed by atoms with van der Waals surface area (Å²) in [7, 11) is 4.11. The van der Waals surface area contributed by atoms with E-state index in [-0.39, 0.29) is 5.91 Å². The number of anilines is 5. The number of pyridine rings is 1. The van der Waals surface area contributed by atoms with E-state index < -0.39 is 0 Å². The highest BCUT2D eigenvalue weighted by Gasteiger charge is 2.14. The lowest BCUT2D eigenvalue weighted by Gasteiger charge is -2.12. The highest BCUT2D eigenvalue weighted by molar-refractivity contribution is 6.05. The van der Waals surface area contributed by atoms with Gasteiger partial charge in [0.05, 0.1) is 28.5 Å². The Labute approximate surface area is 226 Å². The molecule has 0 bridgehead atoms. The van der Waals surface area contributed by atoms with Crippen molar-refractivity contribution in [2.24, 2.45) is 0 Å². The zero-order chi connectivity index (χ0) is 27.4. The predicted octanol–water partition coefficient (Wildman–Crippen LogP) is 4.65. The summed E-state index contributed by atoms with van der Waals surface area (Å²) in [5.41, 5.74) is 12.7. The summed E-state index contributed by atoms with van der Waals surface area (Å²) < 4.78 is 2.03. The molecule has 0 fully saturated rings. The number of fused-ring (bicyclic) bond motifs is 1. The molecule has 198 valence electrons. The Morgan fingerprint density at radius 1 is 1.00 bits per heavy atom. The third kappa shape index (κ3) is 5.97. The van der Waals surface area contributed by atoms with Gasteiger partial charge in [0.1, 0.15) is 5.65 Å². The van der Waals surface area contributed by atoms with E-state index in [1.165, 1.54) is 0 Å². The molecule has 5 aromatic rings. The number of nitrogen functional groups attached to an aromatic ring is 1. The Kier molecular flexibility index (Phi) is 7.37. The number of hydrogen-bond donors (Lipinski definition) is 4. The minimum atomic E-state index is -0.239. The molecule has 5 N–H and O–H groups in total. The van der Waals surface area contributed by atoms with Gasteiger partial charge in [0, 0.05) is 48.5 Å². The molecule has 0 unspecified atom stereocenters. The number of imidazole rings is 1. The van der Waals surface area contributed by atoms with Crippen molar-refractivity contribution >= 4 is 40.3 Å². The minimum absolute atomic E-state index is 0.239. The number of nitrogens with zero attached hydrogens (tertiary/aromatic N) is 5. The summed E-state index contributed by atoms with van der Waals surface area (Å²) in [4.78, 5) is 28.6. The molecule has 39 heavy (non-hydrogen) atoms. The number of rotatable bonds is 9. The first-order valence-electron chi connectivity index (χ1n) is 12.6. The number of amides is 1. The monoisotopic (exact) mass is 521 g/mol. The van der Waals surface area contributed by atoms with Crippen LogP contribution in [0.4, 0.5) is 28.7 Å². The number of nitrogens with one attached hydrogen (secondary N) is 3. The molecule has 10 heteroatoms. The molecule has 2 aromatic carbocycles. The number of aromatic nitrogens is 4. The van der Waals surface area contributed by atoms with Gasteiger partial charge in [-0.15, -0.1) is 0 Å². The maximum atomic E-state index is 12.6. The lowest BCUT2D eigenvalue weighted by Crippen LogP contribution is -2.20. The minimum Gasteiger partial charge on any atom is -0.397 e. The summed E-state index contributed by atoms with van der Waals surface area (Å²) in [5.74, 6) is 0.204. The molecule has 0 saturated heterocycles. The van der Waals surface area contributed by atoms with E-state index in [4.69, 9.17) is 15.7 Å². The van der Waals surface area contributed by atoms with Gasteiger partial charge in [0.2, 0.25) is 5.95 Å². The number of benzene rings is 2. The fourth-order valence-electron chi connectivity index (χ4n) is 4.19. The topological polar surface area (TPSA) is 126 Å². The lowest BCUT2D eigenvalue weighted by molar-refractivity contribution is 0.102. The number of likely N-dealkylation sites (N-methyl/N-ethyl adjacent to an activating group) is 1. The van der Waals surface area contributed by atoms with Crippen molar-refractivity contribution in [2.45, 2.75) is 6.92 Å². The smallest absolute Gasteiger partial charge is 0.255 e. The van der Waals surface area contributed by atoms with E-state index in [0.29, 0.717) is 22.9 Å². The molecule has 1 amide bonds. The molecule has 5 rings (SSSR count). The van der Waals surface area contributed by atoms with E-state index in [9.17, 15) is 4.79 Å². The van der Waals surface area contributed by atoms with E-state index in [1.807, 2.05) is 60.0 Å². The van der Waals surface area contributed by atoms with Crippen LogP contribution in [0.3, 0.4) is 0 Å². The molecular formula is C29H31N9O. The van der Waals surface area contributed by atoms with Crippen LogP contribution in [0.5, 0.6) is 0 Å². The zero-order valence-corrected chi connectivity index (χ0v) is 22.1. The molecule has 3 aromatic heterocycles. The van der Waals surface area contributed by atoms with E-state index in [2.05, 4.69) is 39.9 Å². The first kappa shape index (κ1) is 25.7. The van der Waals surface area contributed by atoms with Crippen molar-refractivity contribution in [3.63, 3.8) is 0 Å². The molecule has 0 saturated carbocycles. The molecule has 0 aliphatic rings. The SMILES string of the molecule is Cc1nc2cc(NCCN(C)C)ccn2c1-c1ccnc(Nc2ccc(C(=O)Nc3ccccc3N)cc2)n1. The van der Waals surface area contributed by atoms with Crippen molar-refractivity contribution in [3.8, 4) is 11.4 Å². The number of para-hydroxylation sites is 2. The summed E-state index contributed by atoms with van der Waals surface area (Å²) in [6, 6.07) is 20.2. The van der Waals surface area contributed by atoms with Crippen LogP contribution in [-0.2, 0) is 0 Å². The van der Waals surface area contributed by atoms with Crippen LogP contribution in [0.2, 0.25) is 0 Å². The van der Waals surface area contributed by atoms with E-state index >= 15 is 0 Å². The Morgan fingerprint density at radius 2 is 1.79 bits per heavy atom. The average molecular weight is 522 g/mol. The number of hydrogen-bond acceptors (Lipinski definition) is 8. The van der Waals surface area contributed by atoms with Crippen molar-refractivity contribution in [3.05, 3.63) is 90.4 Å². The maximum Gasteiger partial charge on any atom is 0.255 e. The highest BCUT2D eigenvalue weighted by Crippen LogP contribution is 2.26. The van der Waals surface area contributed by atoms with Gasteiger partial charge in [-0.2, -0.15) is 0 Å². The fourth-order valence-corrected chi connectivity index (χ4v) is 4.19. The number of carbonyl (C=O) groups is 1. The van der Waals surface area contributed by atoms with Crippen LogP contribution in [0.15, 0.2) is 79.1 Å².